The number of aromatic nitrogens is 1. The molecule has 0 aliphatic carbocycles. The summed E-state index contributed by atoms with van der Waals surface area (Å²) in [7, 11) is 0.185. The van der Waals surface area contributed by atoms with Gasteiger partial charge in [-0.25, -0.2) is 17.2 Å². The van der Waals surface area contributed by atoms with Crippen molar-refractivity contribution in [3.8, 4) is 0 Å². The second-order valence-corrected chi connectivity index (χ2v) is 5.05. The van der Waals surface area contributed by atoms with Crippen molar-refractivity contribution in [3.63, 3.8) is 0 Å². The number of rotatable bonds is 3. The zero-order chi connectivity index (χ0) is 12.5. The molecule has 0 saturated carbocycles. The molecule has 0 radical (unpaired) electrons. The van der Waals surface area contributed by atoms with E-state index in [0.717, 1.165) is 0 Å². The maximum Gasteiger partial charge on any atom is 0.384 e. The Kier molecular flexibility index (Phi) is 3.38. The lowest BCUT2D eigenvalue weighted by Crippen LogP contribution is -2.06. The molecule has 1 aromatic rings. The summed E-state index contributed by atoms with van der Waals surface area (Å²) in [6.45, 7) is 0. The first-order valence-electron chi connectivity index (χ1n) is 3.61. The molecule has 0 fully saturated rings. The van der Waals surface area contributed by atoms with E-state index in [-0.39, 0.29) is 0 Å². The average Bonchev–Trinajstić information content (AvgIpc) is 2.15. The van der Waals surface area contributed by atoms with Crippen LogP contribution >= 0.6 is 10.7 Å². The highest BCUT2D eigenvalue weighted by molar-refractivity contribution is 8.13. The van der Waals surface area contributed by atoms with Crippen LogP contribution in [0.4, 0.5) is 14.6 Å². The minimum atomic E-state index is -4.67. The number of nitrogens with zero attached hydrogens (tertiary/aromatic N) is 2. The van der Waals surface area contributed by atoms with Crippen molar-refractivity contribution in [1.82, 2.24) is 4.98 Å². The van der Waals surface area contributed by atoms with Gasteiger partial charge in [-0.3, -0.25) is 0 Å². The smallest absolute Gasteiger partial charge is 0.358 e. The number of nitro groups is 1. The third-order valence-electron chi connectivity index (χ3n) is 1.57. The molecule has 0 unspecified atom stereocenters. The van der Waals surface area contributed by atoms with Gasteiger partial charge in [0.1, 0.15) is 6.20 Å². The Balaban J connectivity index is 3.68. The summed E-state index contributed by atoms with van der Waals surface area (Å²) >= 11 is 0. The summed E-state index contributed by atoms with van der Waals surface area (Å²) in [6, 6.07) is 0.660. The van der Waals surface area contributed by atoms with Gasteiger partial charge in [-0.1, -0.05) is 0 Å². The Morgan fingerprint density at radius 2 is 2.06 bits per heavy atom. The lowest BCUT2D eigenvalue weighted by atomic mass is 10.3. The lowest BCUT2D eigenvalue weighted by Gasteiger charge is -2.04. The van der Waals surface area contributed by atoms with Crippen LogP contribution in [0, 0.1) is 10.1 Å². The van der Waals surface area contributed by atoms with Gasteiger partial charge >= 0.3 is 5.82 Å². The van der Waals surface area contributed by atoms with Crippen LogP contribution in [0.3, 0.4) is 0 Å². The van der Waals surface area contributed by atoms with Gasteiger partial charge in [-0.05, 0) is 16.0 Å². The monoisotopic (exact) mass is 272 g/mol. The molecule has 0 saturated heterocycles. The molecule has 0 aliphatic heterocycles. The van der Waals surface area contributed by atoms with Crippen LogP contribution in [-0.2, 0) is 9.05 Å². The number of pyridine rings is 1. The first-order chi connectivity index (χ1) is 7.25. The fourth-order valence-electron chi connectivity index (χ4n) is 1.00. The largest absolute Gasteiger partial charge is 0.384 e. The third kappa shape index (κ3) is 2.42. The van der Waals surface area contributed by atoms with Crippen LogP contribution < -0.4 is 0 Å². The van der Waals surface area contributed by atoms with E-state index in [2.05, 4.69) is 4.98 Å². The van der Waals surface area contributed by atoms with Crippen molar-refractivity contribution in [2.45, 2.75) is 11.3 Å². The van der Waals surface area contributed by atoms with Gasteiger partial charge in [0.25, 0.3) is 15.5 Å². The highest BCUT2D eigenvalue weighted by atomic mass is 35.7. The Labute approximate surface area is 92.4 Å². The summed E-state index contributed by atoms with van der Waals surface area (Å²) in [6.07, 6.45) is -2.49. The van der Waals surface area contributed by atoms with Crippen molar-refractivity contribution in [2.75, 3.05) is 0 Å². The highest BCUT2D eigenvalue weighted by Gasteiger charge is 2.32. The molecule has 16 heavy (non-hydrogen) atoms. The van der Waals surface area contributed by atoms with E-state index in [1.54, 1.807) is 0 Å². The second-order valence-electron chi connectivity index (χ2n) is 2.55. The van der Waals surface area contributed by atoms with Gasteiger partial charge in [0.05, 0.1) is 5.56 Å². The molecule has 0 aromatic carbocycles. The van der Waals surface area contributed by atoms with Crippen molar-refractivity contribution in [2.24, 2.45) is 0 Å². The zero-order valence-corrected chi connectivity index (χ0v) is 8.87. The van der Waals surface area contributed by atoms with Crippen LogP contribution in [0.2, 0.25) is 0 Å². The molecule has 0 N–H and O–H groups in total. The van der Waals surface area contributed by atoms with E-state index in [1.165, 1.54) is 0 Å². The molecule has 1 rings (SSSR count). The van der Waals surface area contributed by atoms with Gasteiger partial charge in [0, 0.05) is 10.7 Å². The minimum Gasteiger partial charge on any atom is -0.358 e. The van der Waals surface area contributed by atoms with Crippen molar-refractivity contribution in [1.29, 1.82) is 0 Å². The number of hydrogen-bond donors (Lipinski definition) is 0. The van der Waals surface area contributed by atoms with Crippen molar-refractivity contribution >= 4 is 25.6 Å². The van der Waals surface area contributed by atoms with Gasteiger partial charge < -0.3 is 10.1 Å². The van der Waals surface area contributed by atoms with Crippen LogP contribution in [0.5, 0.6) is 0 Å². The fraction of sp³-hybridized carbons (Fsp3) is 0.167. The van der Waals surface area contributed by atoms with Gasteiger partial charge in [-0.2, -0.15) is 0 Å². The molecule has 1 aromatic heterocycles. The minimum absolute atomic E-state index is 0.660. The summed E-state index contributed by atoms with van der Waals surface area (Å²) < 4.78 is 46.8. The summed E-state index contributed by atoms with van der Waals surface area (Å²) in [5.41, 5.74) is -1.04. The first kappa shape index (κ1) is 12.7. The van der Waals surface area contributed by atoms with E-state index < -0.39 is 36.7 Å². The maximum atomic E-state index is 12.4. The van der Waals surface area contributed by atoms with E-state index in [9.17, 15) is 27.3 Å². The van der Waals surface area contributed by atoms with Gasteiger partial charge in [0.15, 0.2) is 4.90 Å². The molecular weight excluding hydrogens is 270 g/mol. The van der Waals surface area contributed by atoms with Crippen LogP contribution in [0.25, 0.3) is 0 Å². The molecule has 88 valence electrons. The fourth-order valence-corrected chi connectivity index (χ4v) is 2.26. The molecule has 0 spiro atoms. The first-order valence-corrected chi connectivity index (χ1v) is 5.92. The second kappa shape index (κ2) is 4.26. The van der Waals surface area contributed by atoms with Crippen molar-refractivity contribution < 1.29 is 22.1 Å². The Hall–Kier alpha value is -1.35. The summed E-state index contributed by atoms with van der Waals surface area (Å²) in [4.78, 5) is 11.0. The molecule has 6 nitrogen and oxygen atoms in total. The molecular formula is C6H3ClF2N2O4S. The standard InChI is InChI=1S/C6H3ClF2N2O4S/c7-16(14,15)4-3(5(8)9)1-2-10-6(4)11(12)13/h1-2,5H. The van der Waals surface area contributed by atoms with Crippen LogP contribution in [-0.4, -0.2) is 18.3 Å². The van der Waals surface area contributed by atoms with E-state index in [4.69, 9.17) is 10.7 Å². The predicted octanol–water partition coefficient (Wildman–Crippen LogP) is 1.85. The topological polar surface area (TPSA) is 90.2 Å². The van der Waals surface area contributed by atoms with Gasteiger partial charge in [-0.15, -0.1) is 0 Å². The third-order valence-corrected chi connectivity index (χ3v) is 2.94. The average molecular weight is 273 g/mol. The number of alkyl halides is 2. The van der Waals surface area contributed by atoms with Crippen LogP contribution in [0.15, 0.2) is 17.2 Å². The van der Waals surface area contributed by atoms with Crippen molar-refractivity contribution in [3.05, 3.63) is 27.9 Å². The normalized spacial score (nSPS) is 11.8. The van der Waals surface area contributed by atoms with E-state index >= 15 is 0 Å². The van der Waals surface area contributed by atoms with E-state index in [0.29, 0.717) is 12.3 Å². The number of hydrogen-bond acceptors (Lipinski definition) is 5. The van der Waals surface area contributed by atoms with Gasteiger partial charge in [0.2, 0.25) is 0 Å². The predicted molar refractivity (Wildman–Crippen MR) is 48.9 cm³/mol. The Morgan fingerprint density at radius 3 is 2.44 bits per heavy atom. The van der Waals surface area contributed by atoms with E-state index in [1.807, 2.05) is 0 Å². The summed E-state index contributed by atoms with van der Waals surface area (Å²) in [5, 5.41) is 10.4. The molecule has 0 amide bonds. The maximum absolute atomic E-state index is 12.4. The SMILES string of the molecule is O=[N+]([O-])c1nccc(C(F)F)c1S(=O)(=O)Cl. The summed E-state index contributed by atoms with van der Waals surface area (Å²) in [5.74, 6) is -1.21. The lowest BCUT2D eigenvalue weighted by molar-refractivity contribution is -0.392. The molecule has 0 atom stereocenters. The molecule has 0 aliphatic rings. The molecule has 0 bridgehead atoms. The molecule has 10 heteroatoms. The van der Waals surface area contributed by atoms with Crippen LogP contribution in [0.1, 0.15) is 12.0 Å². The highest BCUT2D eigenvalue weighted by Crippen LogP contribution is 2.33. The number of halogens is 3. The Bertz CT molecular complexity index is 533. The molecule has 1 heterocycles. The zero-order valence-electron chi connectivity index (χ0n) is 7.30. The Morgan fingerprint density at radius 1 is 1.50 bits per heavy atom. The quantitative estimate of drug-likeness (QED) is 0.476.